The molecule has 5 rings (SSSR count). The van der Waals surface area contributed by atoms with Crippen LogP contribution in [0.5, 0.6) is 0 Å². The van der Waals surface area contributed by atoms with Crippen molar-refractivity contribution in [1.29, 1.82) is 0 Å². The van der Waals surface area contributed by atoms with Crippen molar-refractivity contribution in [2.75, 3.05) is 0 Å². The van der Waals surface area contributed by atoms with E-state index in [9.17, 15) is 13.2 Å². The van der Waals surface area contributed by atoms with Gasteiger partial charge >= 0.3 is 0 Å². The molecule has 0 unspecified atom stereocenters. The van der Waals surface area contributed by atoms with Crippen LogP contribution in [0.3, 0.4) is 0 Å². The molecule has 3 aromatic heterocycles. The van der Waals surface area contributed by atoms with E-state index in [-0.39, 0.29) is 10.6 Å². The van der Waals surface area contributed by atoms with Crippen LogP contribution in [0.25, 0.3) is 22.5 Å². The molecule has 1 amide bonds. The van der Waals surface area contributed by atoms with Gasteiger partial charge in [0.05, 0.1) is 17.7 Å². The zero-order valence-electron chi connectivity index (χ0n) is 19.4. The second-order valence-corrected chi connectivity index (χ2v) is 10.4. The average Bonchev–Trinajstić information content (AvgIpc) is 3.48. The summed E-state index contributed by atoms with van der Waals surface area (Å²) >= 11 is 6.56. The molecule has 0 saturated heterocycles. The maximum absolute atomic E-state index is 12.8. The number of nitrogens with one attached hydrogen (secondary N) is 1. The number of carbonyl (C=O) groups excluding carboxylic acids is 1. The SMILES string of the molecule is Cc1ccc(S(=O)(=O)NC(=O)c2ccc3nc(C)n(Cc4ccc(-c5ccco5)cc4Cl)c3n2)cc1. The van der Waals surface area contributed by atoms with Crippen LogP contribution in [0.2, 0.25) is 5.02 Å². The summed E-state index contributed by atoms with van der Waals surface area (Å²) < 4.78 is 34.7. The van der Waals surface area contributed by atoms with Crippen molar-refractivity contribution >= 4 is 38.7 Å². The van der Waals surface area contributed by atoms with Gasteiger partial charge in [-0.05, 0) is 61.9 Å². The van der Waals surface area contributed by atoms with Gasteiger partial charge in [0.2, 0.25) is 0 Å². The Kier molecular flexibility index (Phi) is 6.11. The van der Waals surface area contributed by atoms with Crippen LogP contribution < -0.4 is 4.72 Å². The van der Waals surface area contributed by atoms with E-state index in [1.807, 2.05) is 48.7 Å². The molecule has 10 heteroatoms. The van der Waals surface area contributed by atoms with Gasteiger partial charge in [0, 0.05) is 10.6 Å². The highest BCUT2D eigenvalue weighted by Crippen LogP contribution is 2.27. The Balaban J connectivity index is 1.43. The van der Waals surface area contributed by atoms with Crippen molar-refractivity contribution in [2.24, 2.45) is 0 Å². The lowest BCUT2D eigenvalue weighted by molar-refractivity contribution is 0.0977. The summed E-state index contributed by atoms with van der Waals surface area (Å²) in [5, 5.41) is 0.545. The fourth-order valence-corrected chi connectivity index (χ4v) is 5.02. The third kappa shape index (κ3) is 4.62. The lowest BCUT2D eigenvalue weighted by Gasteiger charge is -2.10. The fourth-order valence-electron chi connectivity index (χ4n) is 3.82. The van der Waals surface area contributed by atoms with E-state index in [1.54, 1.807) is 24.5 Å². The Morgan fingerprint density at radius 1 is 1.03 bits per heavy atom. The summed E-state index contributed by atoms with van der Waals surface area (Å²) in [4.78, 5) is 21.8. The smallest absolute Gasteiger partial charge is 0.283 e. The highest BCUT2D eigenvalue weighted by Gasteiger charge is 2.21. The number of pyridine rings is 1. The summed E-state index contributed by atoms with van der Waals surface area (Å²) in [6, 6.07) is 18.6. The molecule has 0 radical (unpaired) electrons. The standard InChI is InChI=1S/C26H21ClN4O4S/c1-16-5-9-20(10-6-16)36(33,34)30-26(32)23-12-11-22-25(29-23)31(17(2)28-22)15-19-8-7-18(14-21(19)27)24-4-3-13-35-24/h3-14H,15H2,1-2H3,(H,30,32). The van der Waals surface area contributed by atoms with E-state index in [2.05, 4.69) is 14.7 Å². The van der Waals surface area contributed by atoms with Crippen LogP contribution in [0.15, 0.2) is 82.3 Å². The monoisotopic (exact) mass is 520 g/mol. The molecule has 2 aromatic carbocycles. The molecule has 1 N–H and O–H groups in total. The molecule has 0 aliphatic carbocycles. The van der Waals surface area contributed by atoms with Gasteiger partial charge in [-0.3, -0.25) is 4.79 Å². The van der Waals surface area contributed by atoms with Gasteiger partial charge in [-0.2, -0.15) is 0 Å². The number of nitrogens with zero attached hydrogens (tertiary/aromatic N) is 3. The number of imidazole rings is 1. The first-order chi connectivity index (χ1) is 17.2. The Bertz CT molecular complexity index is 1690. The summed E-state index contributed by atoms with van der Waals surface area (Å²) in [6.45, 7) is 4.04. The Labute approximate surface area is 212 Å². The zero-order chi connectivity index (χ0) is 25.4. The van der Waals surface area contributed by atoms with Crippen molar-refractivity contribution in [1.82, 2.24) is 19.3 Å². The van der Waals surface area contributed by atoms with Gasteiger partial charge in [-0.25, -0.2) is 23.1 Å². The lowest BCUT2D eigenvalue weighted by Crippen LogP contribution is -2.31. The highest BCUT2D eigenvalue weighted by atomic mass is 35.5. The average molecular weight is 521 g/mol. The van der Waals surface area contributed by atoms with Gasteiger partial charge in [0.25, 0.3) is 15.9 Å². The number of benzene rings is 2. The number of aryl methyl sites for hydroxylation is 2. The number of halogens is 1. The minimum atomic E-state index is -4.05. The Morgan fingerprint density at radius 2 is 1.81 bits per heavy atom. The molecule has 0 bridgehead atoms. The van der Waals surface area contributed by atoms with Gasteiger partial charge in [0.15, 0.2) is 5.65 Å². The summed E-state index contributed by atoms with van der Waals surface area (Å²) in [5.41, 5.74) is 3.57. The van der Waals surface area contributed by atoms with Crippen molar-refractivity contribution in [3.05, 3.63) is 101 Å². The number of sulfonamides is 1. The molecular weight excluding hydrogens is 500 g/mol. The van der Waals surface area contributed by atoms with Crippen LogP contribution in [0.1, 0.15) is 27.4 Å². The molecule has 5 aromatic rings. The number of rotatable bonds is 6. The minimum Gasteiger partial charge on any atom is -0.464 e. The molecular formula is C26H21ClN4O4S. The largest absolute Gasteiger partial charge is 0.464 e. The van der Waals surface area contributed by atoms with Gasteiger partial charge in [-0.15, -0.1) is 0 Å². The van der Waals surface area contributed by atoms with Crippen LogP contribution in [0, 0.1) is 13.8 Å². The molecule has 8 nitrogen and oxygen atoms in total. The topological polar surface area (TPSA) is 107 Å². The Morgan fingerprint density at radius 3 is 2.50 bits per heavy atom. The fraction of sp³-hybridized carbons (Fsp3) is 0.115. The quantitative estimate of drug-likeness (QED) is 0.332. The van der Waals surface area contributed by atoms with E-state index < -0.39 is 15.9 Å². The van der Waals surface area contributed by atoms with Crippen LogP contribution in [-0.2, 0) is 16.6 Å². The number of carbonyl (C=O) groups is 1. The molecule has 0 atom stereocenters. The second kappa shape index (κ2) is 9.25. The first kappa shape index (κ1) is 23.8. The van der Waals surface area contributed by atoms with Crippen molar-refractivity contribution in [2.45, 2.75) is 25.3 Å². The predicted octanol–water partition coefficient (Wildman–Crippen LogP) is 5.13. The molecule has 0 saturated carbocycles. The number of aromatic nitrogens is 3. The number of fused-ring (bicyclic) bond motifs is 1. The first-order valence-electron chi connectivity index (χ1n) is 11.0. The highest BCUT2D eigenvalue weighted by molar-refractivity contribution is 7.90. The Hall–Kier alpha value is -3.95. The number of furan rings is 1. The number of hydrogen-bond acceptors (Lipinski definition) is 6. The minimum absolute atomic E-state index is 0.00366. The van der Waals surface area contributed by atoms with Crippen LogP contribution >= 0.6 is 11.6 Å². The summed E-state index contributed by atoms with van der Waals surface area (Å²) in [5.74, 6) is 0.558. The molecule has 0 fully saturated rings. The third-order valence-corrected chi connectivity index (χ3v) is 7.46. The third-order valence-electron chi connectivity index (χ3n) is 5.76. The van der Waals surface area contributed by atoms with E-state index in [0.717, 1.165) is 16.7 Å². The molecule has 36 heavy (non-hydrogen) atoms. The lowest BCUT2D eigenvalue weighted by atomic mass is 10.1. The maximum atomic E-state index is 12.8. The molecule has 0 spiro atoms. The van der Waals surface area contributed by atoms with Gasteiger partial charge < -0.3 is 8.98 Å². The van der Waals surface area contributed by atoms with E-state index in [1.165, 1.54) is 18.2 Å². The molecule has 182 valence electrons. The maximum Gasteiger partial charge on any atom is 0.283 e. The van der Waals surface area contributed by atoms with Crippen LogP contribution in [0.4, 0.5) is 0 Å². The van der Waals surface area contributed by atoms with Gasteiger partial charge in [0.1, 0.15) is 22.8 Å². The van der Waals surface area contributed by atoms with Crippen LogP contribution in [-0.4, -0.2) is 28.9 Å². The van der Waals surface area contributed by atoms with E-state index in [4.69, 9.17) is 16.0 Å². The normalized spacial score (nSPS) is 11.6. The van der Waals surface area contributed by atoms with E-state index >= 15 is 0 Å². The second-order valence-electron chi connectivity index (χ2n) is 8.32. The predicted molar refractivity (Wildman–Crippen MR) is 136 cm³/mol. The number of hydrogen-bond donors (Lipinski definition) is 1. The summed E-state index contributed by atoms with van der Waals surface area (Å²) in [6.07, 6.45) is 1.60. The van der Waals surface area contributed by atoms with Crippen molar-refractivity contribution < 1.29 is 17.6 Å². The molecule has 0 aliphatic heterocycles. The molecule has 3 heterocycles. The number of amides is 1. The first-order valence-corrected chi connectivity index (χ1v) is 12.9. The molecule has 0 aliphatic rings. The van der Waals surface area contributed by atoms with Gasteiger partial charge in [-0.1, -0.05) is 41.4 Å². The van der Waals surface area contributed by atoms with E-state index in [0.29, 0.717) is 34.3 Å². The summed E-state index contributed by atoms with van der Waals surface area (Å²) in [7, 11) is -4.05. The zero-order valence-corrected chi connectivity index (χ0v) is 21.0. The van der Waals surface area contributed by atoms with Crippen molar-refractivity contribution in [3.8, 4) is 11.3 Å². The van der Waals surface area contributed by atoms with Crippen molar-refractivity contribution in [3.63, 3.8) is 0 Å².